The number of ether oxygens (including phenoxy) is 2. The van der Waals surface area contributed by atoms with Crippen LogP contribution >= 0.6 is 0 Å². The number of phenols is 1. The molecule has 0 spiro atoms. The van der Waals surface area contributed by atoms with E-state index in [-0.39, 0.29) is 17.6 Å². The molecular weight excluding hydrogens is 386 g/mol. The number of phenolic OH excluding ortho intramolecular Hbond substituents is 1. The van der Waals surface area contributed by atoms with E-state index < -0.39 is 0 Å². The second kappa shape index (κ2) is 9.88. The van der Waals surface area contributed by atoms with Crippen molar-refractivity contribution in [3.63, 3.8) is 0 Å². The predicted molar refractivity (Wildman–Crippen MR) is 124 cm³/mol. The highest BCUT2D eigenvalue weighted by molar-refractivity contribution is 5.51. The van der Waals surface area contributed by atoms with Crippen molar-refractivity contribution in [1.29, 1.82) is 0 Å². The molecule has 31 heavy (non-hydrogen) atoms. The number of unbranched alkanes of at least 4 members (excludes halogenated alkanes) is 1. The van der Waals surface area contributed by atoms with E-state index in [4.69, 9.17) is 9.47 Å². The van der Waals surface area contributed by atoms with Crippen LogP contribution in [0.2, 0.25) is 0 Å². The lowest BCUT2D eigenvalue weighted by Crippen LogP contribution is -2.25. The first kappa shape index (κ1) is 21.3. The molecule has 0 saturated carbocycles. The molecule has 0 fully saturated rings. The number of nitrogens with zero attached hydrogens (tertiary/aromatic N) is 1. The van der Waals surface area contributed by atoms with Gasteiger partial charge < -0.3 is 19.5 Å². The van der Waals surface area contributed by atoms with Gasteiger partial charge in [0.2, 0.25) is 0 Å². The fourth-order valence-electron chi connectivity index (χ4n) is 4.30. The normalized spacial score (nSPS) is 17.8. The number of rotatable bonds is 8. The van der Waals surface area contributed by atoms with Crippen molar-refractivity contribution in [2.45, 2.75) is 24.7 Å². The van der Waals surface area contributed by atoms with Crippen LogP contribution < -0.4 is 9.47 Å². The average molecular weight is 418 g/mol. The number of hydrogen-bond donors (Lipinski definition) is 1. The van der Waals surface area contributed by atoms with Crippen LogP contribution in [-0.4, -0.2) is 43.9 Å². The van der Waals surface area contributed by atoms with Crippen molar-refractivity contribution in [1.82, 2.24) is 4.90 Å². The zero-order chi connectivity index (χ0) is 21.6. The molecule has 4 nitrogen and oxygen atoms in total. The lowest BCUT2D eigenvalue weighted by Gasteiger charge is -2.34. The fourth-order valence-corrected chi connectivity index (χ4v) is 4.30. The van der Waals surface area contributed by atoms with Gasteiger partial charge in [0.05, 0.1) is 13.2 Å². The average Bonchev–Trinajstić information content (AvgIpc) is 2.79. The number of aromatic hydroxyl groups is 1. The van der Waals surface area contributed by atoms with Gasteiger partial charge in [-0.1, -0.05) is 42.5 Å². The Morgan fingerprint density at radius 1 is 0.935 bits per heavy atom. The smallest absolute Gasteiger partial charge is 0.123 e. The third-order valence-electron chi connectivity index (χ3n) is 5.88. The van der Waals surface area contributed by atoms with Crippen molar-refractivity contribution in [2.24, 2.45) is 0 Å². The van der Waals surface area contributed by atoms with Crippen LogP contribution in [-0.2, 0) is 0 Å². The number of hydrogen-bond acceptors (Lipinski definition) is 4. The second-order valence-electron chi connectivity index (χ2n) is 8.46. The quantitative estimate of drug-likeness (QED) is 0.497. The van der Waals surface area contributed by atoms with Crippen molar-refractivity contribution >= 4 is 0 Å². The molecule has 0 bridgehead atoms. The molecule has 0 amide bonds. The molecule has 0 saturated heterocycles. The van der Waals surface area contributed by atoms with Gasteiger partial charge in [-0.2, -0.15) is 0 Å². The lowest BCUT2D eigenvalue weighted by atomic mass is 9.76. The lowest BCUT2D eigenvalue weighted by molar-refractivity contribution is 0.248. The standard InChI is InChI=1S/C27H31NO3/c1-28(2)16-6-7-17-30-23-13-10-21(11-14-23)27-24-18-22(29)12-15-26(24)31-19-25(27)20-8-4-3-5-9-20/h3-5,8-15,18,25,27,29H,6-7,16-17,19H2,1-2H3/t25-,27+/m1/s1. The Bertz CT molecular complexity index is 970. The molecular formula is C27H31NO3. The van der Waals surface area contributed by atoms with Gasteiger partial charge in [0.1, 0.15) is 17.2 Å². The van der Waals surface area contributed by atoms with E-state index in [1.54, 1.807) is 6.07 Å². The minimum Gasteiger partial charge on any atom is -0.508 e. The Morgan fingerprint density at radius 2 is 1.71 bits per heavy atom. The summed E-state index contributed by atoms with van der Waals surface area (Å²) in [5, 5.41) is 10.2. The van der Waals surface area contributed by atoms with Crippen molar-refractivity contribution in [3.05, 3.63) is 89.5 Å². The first-order valence-corrected chi connectivity index (χ1v) is 11.0. The Balaban J connectivity index is 1.55. The summed E-state index contributed by atoms with van der Waals surface area (Å²) >= 11 is 0. The molecule has 4 heteroatoms. The molecule has 0 aromatic heterocycles. The van der Waals surface area contributed by atoms with E-state index in [1.807, 2.05) is 18.2 Å². The first-order valence-electron chi connectivity index (χ1n) is 11.0. The van der Waals surface area contributed by atoms with Gasteiger partial charge in [-0.15, -0.1) is 0 Å². The molecule has 1 N–H and O–H groups in total. The first-order chi connectivity index (χ1) is 15.1. The van der Waals surface area contributed by atoms with Gasteiger partial charge in [0.15, 0.2) is 0 Å². The SMILES string of the molecule is CN(C)CCCCOc1ccc([C@H]2c3cc(O)ccc3OC[C@@H]2c2ccccc2)cc1. The van der Waals surface area contributed by atoms with Crippen LogP contribution in [0.15, 0.2) is 72.8 Å². The van der Waals surface area contributed by atoms with Crippen molar-refractivity contribution in [2.75, 3.05) is 33.9 Å². The molecule has 0 aliphatic carbocycles. The maximum Gasteiger partial charge on any atom is 0.123 e. The predicted octanol–water partition coefficient (Wildman–Crippen LogP) is 5.42. The largest absolute Gasteiger partial charge is 0.508 e. The highest BCUT2D eigenvalue weighted by atomic mass is 16.5. The van der Waals surface area contributed by atoms with E-state index in [0.717, 1.165) is 43.1 Å². The van der Waals surface area contributed by atoms with E-state index in [9.17, 15) is 5.11 Å². The molecule has 1 aliphatic rings. The van der Waals surface area contributed by atoms with Gasteiger partial charge in [0.25, 0.3) is 0 Å². The molecule has 3 aromatic carbocycles. The van der Waals surface area contributed by atoms with Crippen LogP contribution in [0.5, 0.6) is 17.2 Å². The van der Waals surface area contributed by atoms with Crippen LogP contribution in [0.3, 0.4) is 0 Å². The maximum absolute atomic E-state index is 10.2. The molecule has 1 heterocycles. The summed E-state index contributed by atoms with van der Waals surface area (Å²) in [5.74, 6) is 2.28. The maximum atomic E-state index is 10.2. The Kier molecular flexibility index (Phi) is 6.78. The summed E-state index contributed by atoms with van der Waals surface area (Å²) in [4.78, 5) is 2.20. The van der Waals surface area contributed by atoms with Gasteiger partial charge in [-0.25, -0.2) is 0 Å². The fraction of sp³-hybridized carbons (Fsp3) is 0.333. The summed E-state index contributed by atoms with van der Waals surface area (Å²) in [6, 6.07) is 24.3. The third-order valence-corrected chi connectivity index (χ3v) is 5.88. The van der Waals surface area contributed by atoms with E-state index in [0.29, 0.717) is 6.61 Å². The van der Waals surface area contributed by atoms with E-state index in [1.165, 1.54) is 11.1 Å². The molecule has 1 aliphatic heterocycles. The van der Waals surface area contributed by atoms with E-state index in [2.05, 4.69) is 67.5 Å². The topological polar surface area (TPSA) is 41.9 Å². The Labute approximate surface area is 185 Å². The molecule has 0 unspecified atom stereocenters. The van der Waals surface area contributed by atoms with Gasteiger partial charge in [-0.3, -0.25) is 0 Å². The summed E-state index contributed by atoms with van der Waals surface area (Å²) in [5.41, 5.74) is 3.46. The highest BCUT2D eigenvalue weighted by Gasteiger charge is 2.33. The second-order valence-corrected chi connectivity index (χ2v) is 8.46. The molecule has 0 radical (unpaired) electrons. The van der Waals surface area contributed by atoms with Crippen LogP contribution in [0.4, 0.5) is 0 Å². The Hall–Kier alpha value is -2.98. The van der Waals surface area contributed by atoms with Crippen LogP contribution in [0.25, 0.3) is 0 Å². The van der Waals surface area contributed by atoms with Gasteiger partial charge in [-0.05, 0) is 74.9 Å². The summed E-state index contributed by atoms with van der Waals surface area (Å²) in [6.45, 7) is 2.42. The monoisotopic (exact) mass is 417 g/mol. The minimum atomic E-state index is 0.104. The van der Waals surface area contributed by atoms with Gasteiger partial charge in [0, 0.05) is 17.4 Å². The van der Waals surface area contributed by atoms with Crippen molar-refractivity contribution < 1.29 is 14.6 Å². The summed E-state index contributed by atoms with van der Waals surface area (Å²) < 4.78 is 12.0. The highest BCUT2D eigenvalue weighted by Crippen LogP contribution is 2.47. The molecule has 2 atom stereocenters. The zero-order valence-electron chi connectivity index (χ0n) is 18.3. The number of fused-ring (bicyclic) bond motifs is 1. The van der Waals surface area contributed by atoms with Gasteiger partial charge >= 0.3 is 0 Å². The van der Waals surface area contributed by atoms with Crippen molar-refractivity contribution in [3.8, 4) is 17.2 Å². The minimum absolute atomic E-state index is 0.104. The van der Waals surface area contributed by atoms with E-state index >= 15 is 0 Å². The summed E-state index contributed by atoms with van der Waals surface area (Å²) in [6.07, 6.45) is 2.18. The zero-order valence-corrected chi connectivity index (χ0v) is 18.3. The Morgan fingerprint density at radius 3 is 2.45 bits per heavy atom. The van der Waals surface area contributed by atoms with Crippen LogP contribution in [0.1, 0.15) is 41.4 Å². The molecule has 3 aromatic rings. The summed E-state index contributed by atoms with van der Waals surface area (Å²) in [7, 11) is 4.19. The molecule has 4 rings (SSSR count). The molecule has 162 valence electrons. The van der Waals surface area contributed by atoms with Crippen LogP contribution in [0, 0.1) is 0 Å². The third kappa shape index (κ3) is 5.20. The number of benzene rings is 3.